The van der Waals surface area contributed by atoms with E-state index in [1.807, 2.05) is 0 Å². The number of thiazole rings is 1. The lowest BCUT2D eigenvalue weighted by molar-refractivity contribution is -0.0512. The second-order valence-electron chi connectivity index (χ2n) is 5.74. The molecule has 0 aliphatic carbocycles. The molecule has 150 valence electrons. The molecule has 0 bridgehead atoms. The van der Waals surface area contributed by atoms with Gasteiger partial charge in [-0.15, -0.1) is 11.3 Å². The van der Waals surface area contributed by atoms with Crippen LogP contribution < -0.4 is 24.2 Å². The Labute approximate surface area is 172 Å². The molecular weight excluding hydrogens is 424 g/mol. The zero-order valence-electron chi connectivity index (χ0n) is 14.9. The minimum absolute atomic E-state index is 0.106. The Bertz CT molecular complexity index is 1220. The molecule has 1 N–H and O–H groups in total. The summed E-state index contributed by atoms with van der Waals surface area (Å²) in [5.74, 6) is -0.303. The molecule has 0 saturated heterocycles. The van der Waals surface area contributed by atoms with Gasteiger partial charge in [-0.1, -0.05) is 29.8 Å². The number of hydrogen-bond acceptors (Lipinski definition) is 5. The Morgan fingerprint density at radius 3 is 2.69 bits per heavy atom. The molecule has 0 aliphatic heterocycles. The number of ketones is 1. The number of aromatic amines is 1. The van der Waals surface area contributed by atoms with Gasteiger partial charge in [0.2, 0.25) is 0 Å². The number of H-pyrrole nitrogens is 1. The zero-order chi connectivity index (χ0) is 21.0. The quantitative estimate of drug-likeness (QED) is 0.601. The second-order valence-corrected chi connectivity index (χ2v) is 7.26. The third kappa shape index (κ3) is 5.30. The largest absolute Gasteiger partial charge is 0.493 e. The molecule has 0 spiro atoms. The summed E-state index contributed by atoms with van der Waals surface area (Å²) in [5, 5.41) is 0.436. The van der Waals surface area contributed by atoms with E-state index < -0.39 is 6.61 Å². The molecule has 0 radical (unpaired) electrons. The number of methoxy groups -OCH3 is 1. The number of carbonyl (C=O) groups is 1. The average Bonchev–Trinajstić information content (AvgIpc) is 3.01. The van der Waals surface area contributed by atoms with Crippen molar-refractivity contribution in [1.29, 1.82) is 0 Å². The van der Waals surface area contributed by atoms with Crippen LogP contribution in [0, 0.1) is 0 Å². The summed E-state index contributed by atoms with van der Waals surface area (Å²) in [6, 6.07) is 10.8. The van der Waals surface area contributed by atoms with Gasteiger partial charge in [-0.25, -0.2) is 0 Å². The number of hydrogen-bond donors (Lipinski definition) is 1. The number of benzene rings is 2. The molecule has 3 aromatic rings. The van der Waals surface area contributed by atoms with Crippen LogP contribution in [0.1, 0.15) is 15.9 Å². The second kappa shape index (κ2) is 9.02. The lowest BCUT2D eigenvalue weighted by Crippen LogP contribution is -2.20. The first-order valence-corrected chi connectivity index (χ1v) is 9.40. The maximum Gasteiger partial charge on any atom is 0.387 e. The SMILES string of the molecule is COc1cc(/C=c2/s/c(=C\C(=O)c3cccc(Cl)c3)[nH]c2=O)ccc1OC(F)F. The molecule has 0 saturated carbocycles. The first kappa shape index (κ1) is 20.8. The van der Waals surface area contributed by atoms with Gasteiger partial charge in [0.25, 0.3) is 5.56 Å². The number of Topliss-reactive ketones (excluding diaryl/α,β-unsaturated/α-hetero) is 1. The van der Waals surface area contributed by atoms with Crippen molar-refractivity contribution in [2.24, 2.45) is 0 Å². The maximum atomic E-state index is 12.4. The molecule has 29 heavy (non-hydrogen) atoms. The van der Waals surface area contributed by atoms with Gasteiger partial charge in [0.15, 0.2) is 17.3 Å². The van der Waals surface area contributed by atoms with Crippen molar-refractivity contribution in [2.75, 3.05) is 7.11 Å². The summed E-state index contributed by atoms with van der Waals surface area (Å²) < 4.78 is 35.0. The van der Waals surface area contributed by atoms with E-state index in [1.165, 1.54) is 37.5 Å². The van der Waals surface area contributed by atoms with Crippen molar-refractivity contribution in [3.05, 3.63) is 78.2 Å². The normalized spacial score (nSPS) is 12.4. The fourth-order valence-electron chi connectivity index (χ4n) is 2.49. The number of halogens is 3. The van der Waals surface area contributed by atoms with Crippen molar-refractivity contribution in [2.45, 2.75) is 6.61 Å². The van der Waals surface area contributed by atoms with Crippen molar-refractivity contribution in [3.8, 4) is 11.5 Å². The topological polar surface area (TPSA) is 68.4 Å². The summed E-state index contributed by atoms with van der Waals surface area (Å²) >= 11 is 6.97. The molecule has 9 heteroatoms. The van der Waals surface area contributed by atoms with E-state index in [4.69, 9.17) is 16.3 Å². The van der Waals surface area contributed by atoms with Crippen LogP contribution >= 0.6 is 22.9 Å². The first-order valence-electron chi connectivity index (χ1n) is 8.21. The van der Waals surface area contributed by atoms with Crippen molar-refractivity contribution < 1.29 is 23.0 Å². The lowest BCUT2D eigenvalue weighted by Gasteiger charge is -2.09. The van der Waals surface area contributed by atoms with Gasteiger partial charge >= 0.3 is 6.61 Å². The number of rotatable bonds is 6. The van der Waals surface area contributed by atoms with Crippen LogP contribution in [-0.2, 0) is 0 Å². The highest BCUT2D eigenvalue weighted by Crippen LogP contribution is 2.29. The van der Waals surface area contributed by atoms with Gasteiger partial charge in [-0.05, 0) is 35.9 Å². The van der Waals surface area contributed by atoms with Gasteiger partial charge < -0.3 is 14.5 Å². The van der Waals surface area contributed by atoms with Gasteiger partial charge in [-0.2, -0.15) is 8.78 Å². The third-order valence-corrected chi connectivity index (χ3v) is 4.95. The van der Waals surface area contributed by atoms with E-state index in [-0.39, 0.29) is 22.8 Å². The standard InChI is InChI=1S/C20H14ClF2NO4S/c1-27-16-7-11(5-6-15(16)28-20(22)23)8-17-19(26)24-18(29-17)10-14(25)12-3-2-4-13(21)9-12/h2-10,20H,1H3,(H,24,26)/b17-8+,18-10-. The van der Waals surface area contributed by atoms with E-state index in [1.54, 1.807) is 24.3 Å². The van der Waals surface area contributed by atoms with Crippen LogP contribution in [0.15, 0.2) is 47.3 Å². The molecule has 0 aliphatic rings. The smallest absolute Gasteiger partial charge is 0.387 e. The average molecular weight is 438 g/mol. The van der Waals surface area contributed by atoms with Crippen LogP contribution in [0.5, 0.6) is 11.5 Å². The molecule has 1 heterocycles. The molecule has 0 unspecified atom stereocenters. The summed E-state index contributed by atoms with van der Waals surface area (Å²) in [7, 11) is 1.32. The first-order chi connectivity index (χ1) is 13.9. The van der Waals surface area contributed by atoms with Gasteiger partial charge in [0.1, 0.15) is 0 Å². The highest BCUT2D eigenvalue weighted by Gasteiger charge is 2.10. The molecule has 3 rings (SSSR count). The summed E-state index contributed by atoms with van der Waals surface area (Å²) in [6.07, 6.45) is 2.87. The Hall–Kier alpha value is -2.97. The molecule has 2 aromatic carbocycles. The molecule has 0 atom stereocenters. The monoisotopic (exact) mass is 437 g/mol. The van der Waals surface area contributed by atoms with Crippen molar-refractivity contribution in [3.63, 3.8) is 0 Å². The summed E-state index contributed by atoms with van der Waals surface area (Å²) in [6.45, 7) is -2.98. The Morgan fingerprint density at radius 2 is 2.00 bits per heavy atom. The van der Waals surface area contributed by atoms with E-state index in [0.29, 0.717) is 25.3 Å². The molecular formula is C20H14ClF2NO4S. The predicted octanol–water partition coefficient (Wildman–Crippen LogP) is 3.19. The van der Waals surface area contributed by atoms with Crippen molar-refractivity contribution in [1.82, 2.24) is 4.98 Å². The van der Waals surface area contributed by atoms with E-state index in [9.17, 15) is 18.4 Å². The minimum Gasteiger partial charge on any atom is -0.493 e. The van der Waals surface area contributed by atoms with Crippen LogP contribution in [0.3, 0.4) is 0 Å². The van der Waals surface area contributed by atoms with Crippen LogP contribution in [0.4, 0.5) is 8.78 Å². The molecule has 0 amide bonds. The number of carbonyl (C=O) groups excluding carboxylic acids is 1. The van der Waals surface area contributed by atoms with Crippen LogP contribution in [0.25, 0.3) is 12.2 Å². The molecule has 0 fully saturated rings. The minimum atomic E-state index is -2.98. The number of aromatic nitrogens is 1. The van der Waals surface area contributed by atoms with Gasteiger partial charge in [-0.3, -0.25) is 9.59 Å². The Balaban J connectivity index is 1.95. The highest BCUT2D eigenvalue weighted by atomic mass is 35.5. The molecule has 5 nitrogen and oxygen atoms in total. The number of alkyl halides is 2. The van der Waals surface area contributed by atoms with Gasteiger partial charge in [0, 0.05) is 16.7 Å². The fraction of sp³-hybridized carbons (Fsp3) is 0.100. The Kier molecular flexibility index (Phi) is 6.46. The van der Waals surface area contributed by atoms with E-state index >= 15 is 0 Å². The maximum absolute atomic E-state index is 12.4. The zero-order valence-corrected chi connectivity index (χ0v) is 16.5. The highest BCUT2D eigenvalue weighted by molar-refractivity contribution is 7.07. The molecule has 1 aromatic heterocycles. The third-order valence-electron chi connectivity index (χ3n) is 3.75. The lowest BCUT2D eigenvalue weighted by atomic mass is 10.1. The fourth-order valence-corrected chi connectivity index (χ4v) is 3.56. The van der Waals surface area contributed by atoms with E-state index in [0.717, 1.165) is 11.3 Å². The Morgan fingerprint density at radius 1 is 1.21 bits per heavy atom. The number of ether oxygens (including phenoxy) is 2. The predicted molar refractivity (Wildman–Crippen MR) is 108 cm³/mol. The van der Waals surface area contributed by atoms with Crippen LogP contribution in [-0.4, -0.2) is 24.5 Å². The van der Waals surface area contributed by atoms with Gasteiger partial charge in [0.05, 0.1) is 16.3 Å². The van der Waals surface area contributed by atoms with Crippen LogP contribution in [0.2, 0.25) is 5.02 Å². The summed E-state index contributed by atoms with van der Waals surface area (Å²) in [4.78, 5) is 27.1. The summed E-state index contributed by atoms with van der Waals surface area (Å²) in [5.41, 5.74) is 0.562. The number of nitrogens with one attached hydrogen (secondary N) is 1. The van der Waals surface area contributed by atoms with Crippen molar-refractivity contribution >= 4 is 40.9 Å². The van der Waals surface area contributed by atoms with E-state index in [2.05, 4.69) is 9.72 Å².